The molecule has 0 aliphatic rings. The number of nitrogens with zero attached hydrogens (tertiary/aromatic N) is 5. The first kappa shape index (κ1) is 22.9. The highest BCUT2D eigenvalue weighted by atomic mass is 35.5. The third-order valence-electron chi connectivity index (χ3n) is 5.62. The van der Waals surface area contributed by atoms with Gasteiger partial charge in [-0.1, -0.05) is 29.8 Å². The predicted octanol–water partition coefficient (Wildman–Crippen LogP) is 4.89. The number of benzene rings is 2. The number of carbonyl (C=O) groups is 1. The molecule has 170 valence electrons. The molecule has 33 heavy (non-hydrogen) atoms. The van der Waals surface area contributed by atoms with Crippen molar-refractivity contribution in [1.82, 2.24) is 24.6 Å². The zero-order valence-electron chi connectivity index (χ0n) is 19.2. The van der Waals surface area contributed by atoms with Crippen LogP contribution < -0.4 is 0 Å². The van der Waals surface area contributed by atoms with Crippen LogP contribution >= 0.6 is 11.6 Å². The lowest BCUT2D eigenvalue weighted by atomic mass is 10.1. The lowest BCUT2D eigenvalue weighted by molar-refractivity contribution is 0.0781. The standard InChI is InChI=1S/C25H26ClN5O2/c1-5-31-16(2)19(13-27-31)14-30(3)25(32)23-21-11-17(15-33-4)9-10-22(21)28-24(29-23)18-7-6-8-20(26)12-18/h6-13H,5,14-15H2,1-4H3. The molecule has 8 heteroatoms. The van der Waals surface area contributed by atoms with Crippen molar-refractivity contribution in [2.24, 2.45) is 0 Å². The smallest absolute Gasteiger partial charge is 0.273 e. The molecule has 2 aromatic heterocycles. The first-order valence-corrected chi connectivity index (χ1v) is 11.1. The Balaban J connectivity index is 1.79. The molecule has 0 fully saturated rings. The number of hydrogen-bond donors (Lipinski definition) is 0. The van der Waals surface area contributed by atoms with Crippen molar-refractivity contribution in [3.8, 4) is 11.4 Å². The molecule has 4 aromatic rings. The fourth-order valence-corrected chi connectivity index (χ4v) is 4.01. The second-order valence-corrected chi connectivity index (χ2v) is 8.36. The maximum atomic E-state index is 13.6. The topological polar surface area (TPSA) is 73.1 Å². The molecule has 4 rings (SSSR count). The molecule has 0 saturated heterocycles. The summed E-state index contributed by atoms with van der Waals surface area (Å²) in [6, 6.07) is 13.1. The van der Waals surface area contributed by atoms with Crippen LogP contribution in [-0.4, -0.2) is 44.7 Å². The van der Waals surface area contributed by atoms with Gasteiger partial charge in [-0.3, -0.25) is 9.48 Å². The van der Waals surface area contributed by atoms with Crippen LogP contribution in [0.1, 0.15) is 34.2 Å². The number of carbonyl (C=O) groups excluding carboxylic acids is 1. The minimum Gasteiger partial charge on any atom is -0.380 e. The second-order valence-electron chi connectivity index (χ2n) is 7.92. The molecule has 0 unspecified atom stereocenters. The average Bonchev–Trinajstić information content (AvgIpc) is 3.17. The number of amides is 1. The lowest BCUT2D eigenvalue weighted by Crippen LogP contribution is -2.28. The van der Waals surface area contributed by atoms with Gasteiger partial charge in [0.25, 0.3) is 5.91 Å². The predicted molar refractivity (Wildman–Crippen MR) is 129 cm³/mol. The highest BCUT2D eigenvalue weighted by Gasteiger charge is 2.21. The molecule has 0 radical (unpaired) electrons. The van der Waals surface area contributed by atoms with Crippen LogP contribution in [0.5, 0.6) is 0 Å². The van der Waals surface area contributed by atoms with Gasteiger partial charge in [-0.15, -0.1) is 0 Å². The van der Waals surface area contributed by atoms with E-state index in [0.717, 1.165) is 28.9 Å². The summed E-state index contributed by atoms with van der Waals surface area (Å²) in [5, 5.41) is 5.66. The summed E-state index contributed by atoms with van der Waals surface area (Å²) in [6.07, 6.45) is 1.81. The summed E-state index contributed by atoms with van der Waals surface area (Å²) in [5.74, 6) is 0.264. The van der Waals surface area contributed by atoms with E-state index in [9.17, 15) is 4.79 Å². The Morgan fingerprint density at radius 1 is 1.18 bits per heavy atom. The van der Waals surface area contributed by atoms with Crippen LogP contribution in [0.25, 0.3) is 22.3 Å². The summed E-state index contributed by atoms with van der Waals surface area (Å²) in [7, 11) is 3.42. The fraction of sp³-hybridized carbons (Fsp3) is 0.280. The van der Waals surface area contributed by atoms with Gasteiger partial charge in [0.2, 0.25) is 0 Å². The van der Waals surface area contributed by atoms with E-state index >= 15 is 0 Å². The van der Waals surface area contributed by atoms with Gasteiger partial charge >= 0.3 is 0 Å². The molecule has 2 heterocycles. The number of aromatic nitrogens is 4. The molecular weight excluding hydrogens is 438 g/mol. The minimum atomic E-state index is -0.191. The van der Waals surface area contributed by atoms with E-state index in [2.05, 4.69) is 5.10 Å². The molecular formula is C25H26ClN5O2. The van der Waals surface area contributed by atoms with Crippen molar-refractivity contribution >= 4 is 28.4 Å². The maximum Gasteiger partial charge on any atom is 0.273 e. The number of aryl methyl sites for hydroxylation is 1. The van der Waals surface area contributed by atoms with Crippen LogP contribution in [0.15, 0.2) is 48.7 Å². The molecule has 0 saturated carbocycles. The van der Waals surface area contributed by atoms with Gasteiger partial charge in [-0.25, -0.2) is 9.97 Å². The summed E-state index contributed by atoms with van der Waals surface area (Å²) >= 11 is 6.19. The van der Waals surface area contributed by atoms with Crippen LogP contribution in [0, 0.1) is 6.92 Å². The Hall–Kier alpha value is -3.29. The number of halogens is 1. The number of fused-ring (bicyclic) bond motifs is 1. The van der Waals surface area contributed by atoms with Crippen LogP contribution in [0.2, 0.25) is 5.02 Å². The number of methoxy groups -OCH3 is 1. The van der Waals surface area contributed by atoms with Gasteiger partial charge < -0.3 is 9.64 Å². The normalized spacial score (nSPS) is 11.2. The van der Waals surface area contributed by atoms with Crippen molar-refractivity contribution in [3.63, 3.8) is 0 Å². The van der Waals surface area contributed by atoms with Crippen molar-refractivity contribution in [2.75, 3.05) is 14.2 Å². The molecule has 0 aliphatic carbocycles. The Morgan fingerprint density at radius 2 is 2.00 bits per heavy atom. The Morgan fingerprint density at radius 3 is 2.70 bits per heavy atom. The van der Waals surface area contributed by atoms with Crippen molar-refractivity contribution in [1.29, 1.82) is 0 Å². The lowest BCUT2D eigenvalue weighted by Gasteiger charge is -2.18. The monoisotopic (exact) mass is 463 g/mol. The van der Waals surface area contributed by atoms with E-state index < -0.39 is 0 Å². The van der Waals surface area contributed by atoms with E-state index in [1.165, 1.54) is 0 Å². The van der Waals surface area contributed by atoms with E-state index in [-0.39, 0.29) is 5.91 Å². The van der Waals surface area contributed by atoms with Gasteiger partial charge in [-0.2, -0.15) is 5.10 Å². The fourth-order valence-electron chi connectivity index (χ4n) is 3.82. The second kappa shape index (κ2) is 9.68. The van der Waals surface area contributed by atoms with Crippen molar-refractivity contribution in [2.45, 2.75) is 33.5 Å². The quantitative estimate of drug-likeness (QED) is 0.390. The van der Waals surface area contributed by atoms with Gasteiger partial charge in [0.15, 0.2) is 5.82 Å². The molecule has 0 N–H and O–H groups in total. The van der Waals surface area contributed by atoms with E-state index in [1.807, 2.05) is 55.1 Å². The number of hydrogen-bond acceptors (Lipinski definition) is 5. The Bertz CT molecular complexity index is 1320. The first-order valence-electron chi connectivity index (χ1n) is 10.7. The maximum absolute atomic E-state index is 13.6. The minimum absolute atomic E-state index is 0.191. The number of ether oxygens (including phenoxy) is 1. The van der Waals surface area contributed by atoms with Gasteiger partial charge in [0.1, 0.15) is 5.69 Å². The summed E-state index contributed by atoms with van der Waals surface area (Å²) in [6.45, 7) is 5.70. The van der Waals surface area contributed by atoms with Gasteiger partial charge in [0, 0.05) is 54.5 Å². The van der Waals surface area contributed by atoms with Crippen LogP contribution in [0.4, 0.5) is 0 Å². The first-order chi connectivity index (χ1) is 15.9. The summed E-state index contributed by atoms with van der Waals surface area (Å²) < 4.78 is 7.19. The van der Waals surface area contributed by atoms with Crippen LogP contribution in [-0.2, 0) is 24.4 Å². The van der Waals surface area contributed by atoms with Crippen molar-refractivity contribution < 1.29 is 9.53 Å². The van der Waals surface area contributed by atoms with Crippen molar-refractivity contribution in [3.05, 3.63) is 76.2 Å². The third kappa shape index (κ3) is 4.74. The molecule has 7 nitrogen and oxygen atoms in total. The zero-order chi connectivity index (χ0) is 23.5. The highest BCUT2D eigenvalue weighted by Crippen LogP contribution is 2.26. The third-order valence-corrected chi connectivity index (χ3v) is 5.85. The highest BCUT2D eigenvalue weighted by molar-refractivity contribution is 6.30. The van der Waals surface area contributed by atoms with Gasteiger partial charge in [-0.05, 0) is 43.7 Å². The number of rotatable bonds is 7. The van der Waals surface area contributed by atoms with E-state index in [1.54, 1.807) is 31.2 Å². The molecule has 0 aliphatic heterocycles. The molecule has 1 amide bonds. The van der Waals surface area contributed by atoms with E-state index in [4.69, 9.17) is 26.3 Å². The molecule has 0 spiro atoms. The molecule has 0 bridgehead atoms. The SMILES string of the molecule is CCn1ncc(CN(C)C(=O)c2nc(-c3cccc(Cl)c3)nc3ccc(COC)cc23)c1C. The largest absolute Gasteiger partial charge is 0.380 e. The zero-order valence-corrected chi connectivity index (χ0v) is 19.9. The Labute approximate surface area is 198 Å². The molecule has 2 aromatic carbocycles. The van der Waals surface area contributed by atoms with Crippen LogP contribution in [0.3, 0.4) is 0 Å². The average molecular weight is 464 g/mol. The summed E-state index contributed by atoms with van der Waals surface area (Å²) in [4.78, 5) is 24.7. The summed E-state index contributed by atoms with van der Waals surface area (Å²) in [5.41, 5.74) is 4.78. The Kier molecular flexibility index (Phi) is 6.72. The molecule has 0 atom stereocenters. The van der Waals surface area contributed by atoms with E-state index in [0.29, 0.717) is 40.6 Å². The van der Waals surface area contributed by atoms with Gasteiger partial charge in [0.05, 0.1) is 18.3 Å².